The Balaban J connectivity index is 2.52. The largest absolute Gasteiger partial charge is 0.468 e. The van der Waals surface area contributed by atoms with Gasteiger partial charge in [-0.05, 0) is 27.2 Å². The third-order valence-corrected chi connectivity index (χ3v) is 1.56. The van der Waals surface area contributed by atoms with Crippen LogP contribution in [0.15, 0.2) is 16.7 Å². The van der Waals surface area contributed by atoms with Gasteiger partial charge in [0.15, 0.2) is 0 Å². The zero-order valence-electron chi connectivity index (χ0n) is 7.92. The van der Waals surface area contributed by atoms with E-state index in [9.17, 15) is 0 Å². The first kappa shape index (κ1) is 9.29. The molecule has 0 amide bonds. The second kappa shape index (κ2) is 4.28. The van der Waals surface area contributed by atoms with Crippen LogP contribution >= 0.6 is 0 Å². The van der Waals surface area contributed by atoms with Crippen molar-refractivity contribution in [1.29, 1.82) is 0 Å². The normalized spacial score (nSPS) is 11.0. The number of hydrogen-bond donors (Lipinski definition) is 1. The number of hydrogen-bond acceptors (Lipinski definition) is 3. The van der Waals surface area contributed by atoms with E-state index < -0.39 is 0 Å². The Morgan fingerprint density at radius 2 is 2.25 bits per heavy atom. The van der Waals surface area contributed by atoms with Gasteiger partial charge in [-0.2, -0.15) is 0 Å². The van der Waals surface area contributed by atoms with Gasteiger partial charge in [0, 0.05) is 12.1 Å². The smallest absolute Gasteiger partial charge is 0.118 e. The van der Waals surface area contributed by atoms with Crippen LogP contribution in [0.25, 0.3) is 0 Å². The topological polar surface area (TPSA) is 28.4 Å². The molecule has 0 aliphatic carbocycles. The summed E-state index contributed by atoms with van der Waals surface area (Å²) in [5, 5.41) is 3.08. The van der Waals surface area contributed by atoms with Gasteiger partial charge in [0.25, 0.3) is 0 Å². The number of rotatable bonds is 4. The van der Waals surface area contributed by atoms with Crippen molar-refractivity contribution < 1.29 is 4.42 Å². The Hall–Kier alpha value is -0.800. The lowest BCUT2D eigenvalue weighted by Crippen LogP contribution is -2.09. The molecule has 0 atom stereocenters. The molecule has 0 aliphatic rings. The third-order valence-electron chi connectivity index (χ3n) is 1.56. The minimum absolute atomic E-state index is 0.865. The molecule has 0 saturated carbocycles. The van der Waals surface area contributed by atoms with Crippen LogP contribution in [0.4, 0.5) is 0 Å². The first-order valence-electron chi connectivity index (χ1n) is 4.08. The van der Waals surface area contributed by atoms with E-state index in [0.29, 0.717) is 0 Å². The van der Waals surface area contributed by atoms with Crippen molar-refractivity contribution in [3.8, 4) is 0 Å². The molecule has 3 heteroatoms. The van der Waals surface area contributed by atoms with Crippen molar-refractivity contribution in [3.63, 3.8) is 0 Å². The summed E-state index contributed by atoms with van der Waals surface area (Å²) in [6, 6.07) is 2.08. The number of furan rings is 1. The van der Waals surface area contributed by atoms with Crippen molar-refractivity contribution in [1.82, 2.24) is 10.2 Å². The minimum Gasteiger partial charge on any atom is -0.468 e. The molecule has 1 heterocycles. The van der Waals surface area contributed by atoms with Crippen LogP contribution in [0.5, 0.6) is 0 Å². The molecule has 0 radical (unpaired) electrons. The zero-order valence-corrected chi connectivity index (χ0v) is 7.92. The van der Waals surface area contributed by atoms with Crippen LogP contribution in [0.3, 0.4) is 0 Å². The van der Waals surface area contributed by atoms with Gasteiger partial charge >= 0.3 is 0 Å². The van der Waals surface area contributed by atoms with Crippen LogP contribution in [0.2, 0.25) is 0 Å². The van der Waals surface area contributed by atoms with E-state index in [1.54, 1.807) is 6.26 Å². The fourth-order valence-corrected chi connectivity index (χ4v) is 1.12. The van der Waals surface area contributed by atoms with Crippen molar-refractivity contribution in [2.75, 3.05) is 21.1 Å². The maximum absolute atomic E-state index is 5.35. The lowest BCUT2D eigenvalue weighted by atomic mass is 10.3. The predicted octanol–water partition coefficient (Wildman–Crippen LogP) is 1.06. The van der Waals surface area contributed by atoms with Gasteiger partial charge in [0.2, 0.25) is 0 Å². The van der Waals surface area contributed by atoms with E-state index in [0.717, 1.165) is 18.8 Å². The van der Waals surface area contributed by atoms with Gasteiger partial charge in [-0.15, -0.1) is 0 Å². The maximum atomic E-state index is 5.35. The molecule has 68 valence electrons. The van der Waals surface area contributed by atoms with E-state index in [1.165, 1.54) is 5.56 Å². The standard InChI is InChI=1S/C9H16N2O/c1-10-5-8-4-9(12-7-8)6-11(2)3/h4,7,10H,5-6H2,1-3H3. The second-order valence-corrected chi connectivity index (χ2v) is 3.19. The van der Waals surface area contributed by atoms with Crippen LogP contribution in [0, 0.1) is 0 Å². The first-order chi connectivity index (χ1) is 5.72. The summed E-state index contributed by atoms with van der Waals surface area (Å²) in [6.07, 6.45) is 1.80. The first-order valence-corrected chi connectivity index (χ1v) is 4.08. The highest BCUT2D eigenvalue weighted by molar-refractivity contribution is 5.12. The van der Waals surface area contributed by atoms with Crippen LogP contribution in [-0.2, 0) is 13.1 Å². The SMILES string of the molecule is CNCc1coc(CN(C)C)c1. The highest BCUT2D eigenvalue weighted by atomic mass is 16.3. The summed E-state index contributed by atoms with van der Waals surface area (Å²) >= 11 is 0. The molecule has 1 N–H and O–H groups in total. The molecular weight excluding hydrogens is 152 g/mol. The molecule has 1 rings (SSSR count). The molecule has 0 fully saturated rings. The maximum Gasteiger partial charge on any atom is 0.118 e. The fraction of sp³-hybridized carbons (Fsp3) is 0.556. The lowest BCUT2D eigenvalue weighted by Gasteiger charge is -2.04. The number of nitrogens with one attached hydrogen (secondary N) is 1. The van der Waals surface area contributed by atoms with E-state index in [2.05, 4.69) is 16.3 Å². The molecule has 12 heavy (non-hydrogen) atoms. The fourth-order valence-electron chi connectivity index (χ4n) is 1.12. The highest BCUT2D eigenvalue weighted by Gasteiger charge is 2.01. The molecule has 0 spiro atoms. The molecule has 0 aromatic carbocycles. The second-order valence-electron chi connectivity index (χ2n) is 3.19. The quantitative estimate of drug-likeness (QED) is 0.728. The third kappa shape index (κ3) is 2.68. The minimum atomic E-state index is 0.865. The van der Waals surface area contributed by atoms with Gasteiger partial charge in [-0.25, -0.2) is 0 Å². The Bertz CT molecular complexity index is 230. The van der Waals surface area contributed by atoms with Crippen molar-refractivity contribution in [2.45, 2.75) is 13.1 Å². The molecule has 0 saturated heterocycles. The van der Waals surface area contributed by atoms with Gasteiger partial charge in [-0.1, -0.05) is 0 Å². The van der Waals surface area contributed by atoms with Crippen LogP contribution in [-0.4, -0.2) is 26.0 Å². The summed E-state index contributed by atoms with van der Waals surface area (Å²) in [5.41, 5.74) is 1.20. The van der Waals surface area contributed by atoms with Crippen LogP contribution < -0.4 is 5.32 Å². The lowest BCUT2D eigenvalue weighted by molar-refractivity contribution is 0.350. The highest BCUT2D eigenvalue weighted by Crippen LogP contribution is 2.08. The Morgan fingerprint density at radius 1 is 1.50 bits per heavy atom. The van der Waals surface area contributed by atoms with E-state index in [-0.39, 0.29) is 0 Å². The Kier molecular flexibility index (Phi) is 3.31. The average Bonchev–Trinajstić information content (AvgIpc) is 2.36. The van der Waals surface area contributed by atoms with Gasteiger partial charge in [0.05, 0.1) is 12.8 Å². The van der Waals surface area contributed by atoms with Crippen molar-refractivity contribution >= 4 is 0 Å². The van der Waals surface area contributed by atoms with Gasteiger partial charge < -0.3 is 14.6 Å². The molecule has 0 aliphatic heterocycles. The zero-order chi connectivity index (χ0) is 8.97. The molecule has 0 bridgehead atoms. The summed E-state index contributed by atoms with van der Waals surface area (Å²) in [5.74, 6) is 1.02. The molecule has 1 aromatic heterocycles. The van der Waals surface area contributed by atoms with E-state index in [1.807, 2.05) is 21.1 Å². The monoisotopic (exact) mass is 168 g/mol. The Morgan fingerprint density at radius 3 is 2.83 bits per heavy atom. The van der Waals surface area contributed by atoms with Crippen molar-refractivity contribution in [2.24, 2.45) is 0 Å². The molecular formula is C9H16N2O. The molecule has 0 unspecified atom stereocenters. The van der Waals surface area contributed by atoms with Crippen LogP contribution in [0.1, 0.15) is 11.3 Å². The number of nitrogens with zero attached hydrogens (tertiary/aromatic N) is 1. The Labute approximate surface area is 73.4 Å². The molecule has 3 nitrogen and oxygen atoms in total. The molecule has 1 aromatic rings. The van der Waals surface area contributed by atoms with Crippen molar-refractivity contribution in [3.05, 3.63) is 23.7 Å². The average molecular weight is 168 g/mol. The summed E-state index contributed by atoms with van der Waals surface area (Å²) in [4.78, 5) is 2.09. The van der Waals surface area contributed by atoms with Gasteiger partial charge in [0.1, 0.15) is 5.76 Å². The summed E-state index contributed by atoms with van der Waals surface area (Å²) in [7, 11) is 5.99. The van der Waals surface area contributed by atoms with E-state index in [4.69, 9.17) is 4.42 Å². The van der Waals surface area contributed by atoms with Gasteiger partial charge in [-0.3, -0.25) is 0 Å². The summed E-state index contributed by atoms with van der Waals surface area (Å²) < 4.78 is 5.35. The van der Waals surface area contributed by atoms with E-state index >= 15 is 0 Å². The summed E-state index contributed by atoms with van der Waals surface area (Å²) in [6.45, 7) is 1.74. The predicted molar refractivity (Wildman–Crippen MR) is 48.9 cm³/mol.